The molecular weight excluding hydrogens is 648 g/mol. The molecule has 11 heteroatoms. The smallest absolute Gasteiger partial charge is 0.657 e. The normalized spacial score (nSPS) is 23.8. The monoisotopic (exact) mass is 683 g/mol. The van der Waals surface area contributed by atoms with Gasteiger partial charge in [-0.1, -0.05) is 57.8 Å². The van der Waals surface area contributed by atoms with Gasteiger partial charge in [0.2, 0.25) is 0 Å². The number of carbonyl (C=O) groups is 2. The molecule has 0 saturated carbocycles. The summed E-state index contributed by atoms with van der Waals surface area (Å²) in [5.74, 6) is -1.76. The third-order valence-electron chi connectivity index (χ3n) is 9.18. The van der Waals surface area contributed by atoms with Crippen LogP contribution in [-0.4, -0.2) is 32.1 Å². The van der Waals surface area contributed by atoms with Crippen LogP contribution < -0.4 is 36.2 Å². The zero-order valence-corrected chi connectivity index (χ0v) is 28.9. The summed E-state index contributed by atoms with van der Waals surface area (Å²) in [6.45, 7) is 12.3. The van der Waals surface area contributed by atoms with Gasteiger partial charge in [-0.05, 0) is 81.8 Å². The summed E-state index contributed by atoms with van der Waals surface area (Å²) in [5, 5.41) is 27.7. The molecule has 0 aromatic carbocycles. The average Bonchev–Trinajstić information content (AvgIpc) is 3.08. The molecule has 3 aliphatic rings. The summed E-state index contributed by atoms with van der Waals surface area (Å²) in [6, 6.07) is 0. The van der Waals surface area contributed by atoms with Crippen molar-refractivity contribution in [3.8, 4) is 0 Å². The van der Waals surface area contributed by atoms with Gasteiger partial charge in [-0.2, -0.15) is 0 Å². The van der Waals surface area contributed by atoms with E-state index in [1.54, 1.807) is 0 Å². The first-order valence-corrected chi connectivity index (χ1v) is 16.1. The van der Waals surface area contributed by atoms with Gasteiger partial charge in [0.25, 0.3) is 0 Å². The number of nitrogens with zero attached hydrogens (tertiary/aromatic N) is 4. The molecule has 1 unspecified atom stereocenters. The van der Waals surface area contributed by atoms with E-state index < -0.39 is 11.9 Å². The molecule has 0 aliphatic carbocycles. The molecule has 2 atom stereocenters. The molecule has 8 bridgehead atoms. The largest absolute Gasteiger partial charge is 4.00 e. The Hall–Kier alpha value is -3.24. The Kier molecular flexibility index (Phi) is 8.96. The first-order chi connectivity index (χ1) is 20.8. The van der Waals surface area contributed by atoms with Crippen molar-refractivity contribution in [1.29, 1.82) is 0 Å². The Balaban J connectivity index is 0.00000400. The van der Waals surface area contributed by atoms with Crippen LogP contribution in [0.1, 0.15) is 78.5 Å². The van der Waals surface area contributed by atoms with E-state index in [0.717, 1.165) is 66.1 Å². The Morgan fingerprint density at radius 1 is 0.822 bits per heavy atom. The Morgan fingerprint density at radius 2 is 1.42 bits per heavy atom. The van der Waals surface area contributed by atoms with Crippen LogP contribution in [-0.2, 0) is 51.3 Å². The van der Waals surface area contributed by atoms with Gasteiger partial charge in [-0.3, -0.25) is 9.59 Å². The second-order valence-corrected chi connectivity index (χ2v) is 14.3. The van der Waals surface area contributed by atoms with E-state index in [1.807, 2.05) is 39.8 Å². The number of rotatable bonds is 6. The second kappa shape index (κ2) is 12.2. The number of fused-ring (bicyclic) bond motifs is 9. The van der Waals surface area contributed by atoms with E-state index in [-0.39, 0.29) is 34.7 Å². The number of aliphatic carboxylic acids is 2. The van der Waals surface area contributed by atoms with Crippen molar-refractivity contribution in [2.75, 3.05) is 0 Å². The fourth-order valence-electron chi connectivity index (χ4n) is 6.61. The van der Waals surface area contributed by atoms with E-state index in [9.17, 15) is 19.8 Å². The van der Waals surface area contributed by atoms with E-state index in [2.05, 4.69) is 26.0 Å². The minimum absolute atomic E-state index is 0. The SMILES string of the molecule is CC1=C2/C=c3\[n-]c(c(C)\c3=C(\C)S)/C=c3\[n-]/c(c(CCC(=O)O)c3C)=C\c3[n-]c(c(C)c3CCC(=O)O)/C=C(\[N-]2)[C@@]12[SH+]C2C.[Fe+4]. The molecule has 6 rings (SSSR count). The molecule has 8 nitrogen and oxygen atoms in total. The maximum Gasteiger partial charge on any atom is 4.00 e. The molecule has 45 heavy (non-hydrogen) atoms. The topological polar surface area (TPSA) is 131 Å². The molecule has 0 amide bonds. The number of hydrogen-bond acceptors (Lipinski definition) is 3. The van der Waals surface area contributed by atoms with Gasteiger partial charge in [0.05, 0.1) is 0 Å². The number of thiol groups is 2. The quantitative estimate of drug-likeness (QED) is 0.157. The third-order valence-corrected chi connectivity index (χ3v) is 11.3. The molecule has 3 aromatic heterocycles. The van der Waals surface area contributed by atoms with Crippen LogP contribution in [0.15, 0.2) is 17.0 Å². The Labute approximate surface area is 281 Å². The van der Waals surface area contributed by atoms with Crippen molar-refractivity contribution in [1.82, 2.24) is 15.0 Å². The zero-order valence-electron chi connectivity index (χ0n) is 26.0. The van der Waals surface area contributed by atoms with Crippen molar-refractivity contribution in [2.24, 2.45) is 0 Å². The molecule has 6 heterocycles. The molecule has 3 aromatic rings. The molecule has 3 aliphatic heterocycles. The van der Waals surface area contributed by atoms with E-state index in [1.165, 1.54) is 17.3 Å². The Bertz CT molecular complexity index is 2080. The van der Waals surface area contributed by atoms with Crippen molar-refractivity contribution < 1.29 is 36.9 Å². The number of aromatic nitrogens is 3. The molecule has 2 N–H and O–H groups in total. The second-order valence-electron chi connectivity index (χ2n) is 11.9. The predicted molar refractivity (Wildman–Crippen MR) is 179 cm³/mol. The van der Waals surface area contributed by atoms with Gasteiger partial charge in [-0.25, -0.2) is 0 Å². The van der Waals surface area contributed by atoms with E-state index in [4.69, 9.17) is 32.9 Å². The van der Waals surface area contributed by atoms with Crippen LogP contribution in [0.5, 0.6) is 0 Å². The summed E-state index contributed by atoms with van der Waals surface area (Å²) in [6.07, 6.45) is 8.52. The number of carboxylic acids is 2. The first kappa shape index (κ1) is 33.1. The Morgan fingerprint density at radius 3 is 2.02 bits per heavy atom. The van der Waals surface area contributed by atoms with Crippen molar-refractivity contribution in [2.45, 2.75) is 77.2 Å². The van der Waals surface area contributed by atoms with Crippen LogP contribution in [0.2, 0.25) is 0 Å². The first-order valence-electron chi connectivity index (χ1n) is 14.7. The summed E-state index contributed by atoms with van der Waals surface area (Å²) in [5.41, 5.74) is 9.72. The standard InChI is InChI=1S/C34H34N4O4S2.Fe/c1-15-21(7-9-31(39)40)27-13-28-22(8-10-32(41)42)16(2)25(36-28)14-30-34(20(6)44-34)18(4)26(38-30)12-29-33(19(5)43)17(3)24(37-29)11-23(15)35-27;/h11-14,20,43H,7-10H2,1-6H3,(H,39,40)(H,41,42);/q-4;+4/p+1/b23-11-,27-13-,29-12-,30-14-,33-19+;/t20?,34-;/m1./s1. The number of hydrogen-bond donors (Lipinski definition) is 3. The molecule has 0 radical (unpaired) electrons. The maximum atomic E-state index is 11.6. The van der Waals surface area contributed by atoms with Crippen LogP contribution in [0.25, 0.3) is 34.5 Å². The maximum absolute atomic E-state index is 11.6. The predicted octanol–water partition coefficient (Wildman–Crippen LogP) is 1.98. The van der Waals surface area contributed by atoms with Gasteiger partial charge in [-0.15, -0.1) is 51.5 Å². The number of carboxylic acid groups (broad SMARTS) is 2. The summed E-state index contributed by atoms with van der Waals surface area (Å²) in [7, 11) is 0. The minimum atomic E-state index is -0.886. The molecule has 1 fully saturated rings. The van der Waals surface area contributed by atoms with Crippen molar-refractivity contribution in [3.05, 3.63) is 88.4 Å². The van der Waals surface area contributed by atoms with Crippen LogP contribution >= 0.6 is 12.6 Å². The summed E-state index contributed by atoms with van der Waals surface area (Å²) in [4.78, 5) is 39.1. The van der Waals surface area contributed by atoms with Crippen LogP contribution in [0, 0.1) is 20.8 Å². The fourth-order valence-corrected chi connectivity index (χ4v) is 8.31. The van der Waals surface area contributed by atoms with Gasteiger partial charge >= 0.3 is 29.0 Å². The molecular formula is C34H35FeN4O4S2+. The molecule has 1 saturated heterocycles. The van der Waals surface area contributed by atoms with Gasteiger partial charge < -0.3 is 30.5 Å². The van der Waals surface area contributed by atoms with Crippen LogP contribution in [0.3, 0.4) is 0 Å². The number of allylic oxidation sites excluding steroid dienone is 1. The van der Waals surface area contributed by atoms with Crippen molar-refractivity contribution in [3.63, 3.8) is 0 Å². The van der Waals surface area contributed by atoms with Gasteiger partial charge in [0.1, 0.15) is 0 Å². The third kappa shape index (κ3) is 5.69. The van der Waals surface area contributed by atoms with Gasteiger partial charge in [0.15, 0.2) is 10.00 Å². The van der Waals surface area contributed by atoms with Gasteiger partial charge in [0, 0.05) is 12.8 Å². The van der Waals surface area contributed by atoms with Crippen LogP contribution in [0.4, 0.5) is 0 Å². The molecule has 234 valence electrons. The van der Waals surface area contributed by atoms with Crippen molar-refractivity contribution >= 4 is 65.5 Å². The average molecular weight is 684 g/mol. The van der Waals surface area contributed by atoms with E-state index >= 15 is 0 Å². The fraction of sp³-hybridized carbons (Fsp3) is 0.353. The molecule has 1 spiro atoms. The minimum Gasteiger partial charge on any atom is -0.657 e. The van der Waals surface area contributed by atoms with E-state index in [0.29, 0.717) is 34.5 Å². The summed E-state index contributed by atoms with van der Waals surface area (Å²) < 4.78 is -0.185. The zero-order chi connectivity index (χ0) is 31.7. The summed E-state index contributed by atoms with van der Waals surface area (Å²) >= 11 is 6.02.